The molecule has 2 fully saturated rings. The summed E-state index contributed by atoms with van der Waals surface area (Å²) in [5.74, 6) is 2.36. The summed E-state index contributed by atoms with van der Waals surface area (Å²) in [4.78, 5) is 10.8. The second-order valence-corrected chi connectivity index (χ2v) is 7.19. The Morgan fingerprint density at radius 3 is 1.95 bits per heavy atom. The van der Waals surface area contributed by atoms with Crippen molar-refractivity contribution in [1.29, 1.82) is 0 Å². The molecule has 0 aromatic carbocycles. The van der Waals surface area contributed by atoms with E-state index in [-0.39, 0.29) is 5.92 Å². The predicted octanol–water partition coefficient (Wildman–Crippen LogP) is 5.68. The summed E-state index contributed by atoms with van der Waals surface area (Å²) in [6.07, 6.45) is 14.9. The summed E-state index contributed by atoms with van der Waals surface area (Å²) in [6.45, 7) is 2.27. The normalized spacial score (nSPS) is 34.9. The van der Waals surface area contributed by atoms with Gasteiger partial charge in [0.2, 0.25) is 0 Å². The average Bonchev–Trinajstić information content (AvgIpc) is 2.48. The summed E-state index contributed by atoms with van der Waals surface area (Å²) in [5.41, 5.74) is 0. The van der Waals surface area contributed by atoms with Crippen LogP contribution in [-0.2, 0) is 4.79 Å². The molecule has 0 radical (unpaired) electrons. The number of halogens is 1. The van der Waals surface area contributed by atoms with Crippen LogP contribution in [0.5, 0.6) is 0 Å². The van der Waals surface area contributed by atoms with E-state index in [1.165, 1.54) is 51.4 Å². The highest BCUT2D eigenvalue weighted by atomic mass is 19.1. The molecule has 2 heteroatoms. The van der Waals surface area contributed by atoms with Gasteiger partial charge in [0, 0.05) is 5.92 Å². The van der Waals surface area contributed by atoms with Gasteiger partial charge in [0.1, 0.15) is 0 Å². The number of hydrogen-bond acceptors (Lipinski definition) is 1. The monoisotopic (exact) mass is 282 g/mol. The molecule has 2 aliphatic carbocycles. The fourth-order valence-electron chi connectivity index (χ4n) is 4.45. The maximum absolute atomic E-state index is 12.7. The van der Waals surface area contributed by atoms with Crippen molar-refractivity contribution in [3.05, 3.63) is 0 Å². The summed E-state index contributed by atoms with van der Waals surface area (Å²) >= 11 is 0. The molecule has 0 spiro atoms. The van der Waals surface area contributed by atoms with Crippen molar-refractivity contribution in [3.8, 4) is 0 Å². The van der Waals surface area contributed by atoms with Crippen LogP contribution < -0.4 is 0 Å². The smallest absolute Gasteiger partial charge is 0.261 e. The van der Waals surface area contributed by atoms with Gasteiger partial charge in [-0.15, -0.1) is 0 Å². The molecule has 0 unspecified atom stereocenters. The Morgan fingerprint density at radius 1 is 0.900 bits per heavy atom. The Balaban J connectivity index is 1.65. The quantitative estimate of drug-likeness (QED) is 0.453. The van der Waals surface area contributed by atoms with E-state index in [1.807, 2.05) is 0 Å². The summed E-state index contributed by atoms with van der Waals surface area (Å²) in [5, 5.41) is 0. The Hall–Kier alpha value is -0.400. The molecule has 0 atom stereocenters. The van der Waals surface area contributed by atoms with Crippen LogP contribution in [0.4, 0.5) is 4.39 Å². The van der Waals surface area contributed by atoms with Gasteiger partial charge in [-0.2, -0.15) is 4.39 Å². The molecule has 2 rings (SSSR count). The first kappa shape index (κ1) is 16.0. The van der Waals surface area contributed by atoms with Crippen LogP contribution in [0.15, 0.2) is 0 Å². The second-order valence-electron chi connectivity index (χ2n) is 7.19. The number of carbonyl (C=O) groups excluding carboxylic acids is 1. The van der Waals surface area contributed by atoms with Gasteiger partial charge in [-0.25, -0.2) is 0 Å². The van der Waals surface area contributed by atoms with Crippen molar-refractivity contribution in [2.45, 2.75) is 84.0 Å². The molecule has 2 saturated carbocycles. The van der Waals surface area contributed by atoms with Crippen LogP contribution in [-0.4, -0.2) is 6.04 Å². The Morgan fingerprint density at radius 2 is 1.45 bits per heavy atom. The van der Waals surface area contributed by atoms with E-state index < -0.39 is 6.04 Å². The first-order chi connectivity index (χ1) is 9.70. The van der Waals surface area contributed by atoms with Crippen LogP contribution in [0.3, 0.4) is 0 Å². The summed E-state index contributed by atoms with van der Waals surface area (Å²) in [6, 6.07) is -1.07. The maximum Gasteiger partial charge on any atom is 0.304 e. The van der Waals surface area contributed by atoms with Crippen molar-refractivity contribution in [2.75, 3.05) is 0 Å². The number of hydrogen-bond donors (Lipinski definition) is 0. The van der Waals surface area contributed by atoms with Crippen LogP contribution >= 0.6 is 0 Å². The summed E-state index contributed by atoms with van der Waals surface area (Å²) < 4.78 is 12.7. The highest BCUT2D eigenvalue weighted by Gasteiger charge is 2.32. The molecule has 116 valence electrons. The van der Waals surface area contributed by atoms with E-state index in [0.29, 0.717) is 0 Å². The van der Waals surface area contributed by atoms with E-state index in [1.54, 1.807) is 0 Å². The van der Waals surface area contributed by atoms with Crippen molar-refractivity contribution in [3.63, 3.8) is 0 Å². The van der Waals surface area contributed by atoms with E-state index in [2.05, 4.69) is 6.92 Å². The fourth-order valence-corrected chi connectivity index (χ4v) is 4.45. The van der Waals surface area contributed by atoms with Crippen LogP contribution in [0, 0.1) is 23.7 Å². The van der Waals surface area contributed by atoms with Crippen molar-refractivity contribution < 1.29 is 9.18 Å². The molecular weight excluding hydrogens is 251 g/mol. The third-order valence-electron chi connectivity index (χ3n) is 5.87. The Labute approximate surface area is 123 Å². The highest BCUT2D eigenvalue weighted by molar-refractivity contribution is 5.70. The van der Waals surface area contributed by atoms with Crippen molar-refractivity contribution in [2.24, 2.45) is 23.7 Å². The largest absolute Gasteiger partial charge is 0.304 e. The standard InChI is InChI=1S/C18H31FO/c1-2-3-4-5-14-6-8-15(9-7-14)16-10-12-17(13-11-16)18(19)20/h14-17H,2-13H2,1H3. The zero-order chi connectivity index (χ0) is 14.4. The van der Waals surface area contributed by atoms with Gasteiger partial charge in [0.05, 0.1) is 0 Å². The minimum atomic E-state index is -1.07. The van der Waals surface area contributed by atoms with Crippen LogP contribution in [0.1, 0.15) is 84.0 Å². The van der Waals surface area contributed by atoms with E-state index in [4.69, 9.17) is 0 Å². The van der Waals surface area contributed by atoms with E-state index >= 15 is 0 Å². The molecule has 1 nitrogen and oxygen atoms in total. The minimum Gasteiger partial charge on any atom is -0.261 e. The lowest BCUT2D eigenvalue weighted by Gasteiger charge is -2.37. The Kier molecular flexibility index (Phi) is 6.51. The van der Waals surface area contributed by atoms with Crippen LogP contribution in [0.2, 0.25) is 0 Å². The third kappa shape index (κ3) is 4.56. The molecular formula is C18H31FO. The zero-order valence-electron chi connectivity index (χ0n) is 13.1. The predicted molar refractivity (Wildman–Crippen MR) is 81.2 cm³/mol. The molecule has 20 heavy (non-hydrogen) atoms. The number of unbranched alkanes of at least 4 members (excludes halogenated alkanes) is 2. The zero-order valence-corrected chi connectivity index (χ0v) is 13.1. The third-order valence-corrected chi connectivity index (χ3v) is 5.87. The van der Waals surface area contributed by atoms with Gasteiger partial charge in [-0.1, -0.05) is 45.4 Å². The lowest BCUT2D eigenvalue weighted by Crippen LogP contribution is -2.27. The average molecular weight is 282 g/mol. The van der Waals surface area contributed by atoms with E-state index in [9.17, 15) is 9.18 Å². The Bertz CT molecular complexity index is 286. The second kappa shape index (κ2) is 8.14. The molecule has 0 heterocycles. The molecule has 0 aliphatic heterocycles. The van der Waals surface area contributed by atoms with E-state index in [0.717, 1.165) is 43.4 Å². The van der Waals surface area contributed by atoms with Gasteiger partial charge in [0.15, 0.2) is 0 Å². The van der Waals surface area contributed by atoms with Crippen LogP contribution in [0.25, 0.3) is 0 Å². The minimum absolute atomic E-state index is 0.267. The van der Waals surface area contributed by atoms with Gasteiger partial charge >= 0.3 is 6.04 Å². The molecule has 0 aromatic heterocycles. The van der Waals surface area contributed by atoms with Crippen molar-refractivity contribution in [1.82, 2.24) is 0 Å². The molecule has 0 aromatic rings. The SMILES string of the molecule is CCCCCC1CCC(C2CCC(C(=O)F)CC2)CC1. The topological polar surface area (TPSA) is 17.1 Å². The number of carbonyl (C=O) groups is 1. The lowest BCUT2D eigenvalue weighted by molar-refractivity contribution is -0.135. The molecule has 0 amide bonds. The number of rotatable bonds is 6. The first-order valence-corrected chi connectivity index (χ1v) is 8.90. The molecule has 2 aliphatic rings. The van der Waals surface area contributed by atoms with Gasteiger partial charge < -0.3 is 0 Å². The highest BCUT2D eigenvalue weighted by Crippen LogP contribution is 2.42. The lowest BCUT2D eigenvalue weighted by atomic mass is 9.69. The summed E-state index contributed by atoms with van der Waals surface area (Å²) in [7, 11) is 0. The van der Waals surface area contributed by atoms with Gasteiger partial charge in [0.25, 0.3) is 0 Å². The first-order valence-electron chi connectivity index (χ1n) is 8.90. The van der Waals surface area contributed by atoms with Crippen molar-refractivity contribution >= 4 is 6.04 Å². The fraction of sp³-hybridized carbons (Fsp3) is 0.944. The van der Waals surface area contributed by atoms with Gasteiger partial charge in [-0.05, 0) is 56.3 Å². The molecule has 0 bridgehead atoms. The maximum atomic E-state index is 12.7. The van der Waals surface area contributed by atoms with Gasteiger partial charge in [-0.3, -0.25) is 4.79 Å². The molecule has 0 N–H and O–H groups in total. The molecule has 0 saturated heterocycles.